The van der Waals surface area contributed by atoms with Crippen molar-refractivity contribution in [2.75, 3.05) is 44.2 Å². The predicted octanol–water partition coefficient (Wildman–Crippen LogP) is 4.42. The van der Waals surface area contributed by atoms with E-state index in [0.29, 0.717) is 64.9 Å². The molecule has 2 aromatic heterocycles. The summed E-state index contributed by atoms with van der Waals surface area (Å²) in [5.74, 6) is 2.64. The van der Waals surface area contributed by atoms with Gasteiger partial charge in [-0.1, -0.05) is 18.1 Å². The minimum absolute atomic E-state index is 0.0160. The minimum Gasteiger partial charge on any atom is -0.508 e. The Kier molecular flexibility index (Phi) is 6.17. The number of hydrogen-bond donors (Lipinski definition) is 2. The Morgan fingerprint density at radius 3 is 2.63 bits per heavy atom. The summed E-state index contributed by atoms with van der Waals surface area (Å²) in [6.07, 6.45) is 10.8. The number of nitrogens with zero attached hydrogens (tertiary/aromatic N) is 5. The van der Waals surface area contributed by atoms with E-state index in [0.717, 1.165) is 45.3 Å². The molecule has 3 aliphatic heterocycles. The van der Waals surface area contributed by atoms with Crippen molar-refractivity contribution in [3.8, 4) is 35.4 Å². The zero-order chi connectivity index (χ0) is 29.3. The van der Waals surface area contributed by atoms with Crippen molar-refractivity contribution >= 4 is 27.5 Å². The van der Waals surface area contributed by atoms with Crippen LogP contribution < -0.4 is 15.0 Å². The number of phenolic OH excluding ortho intramolecular Hbond substituents is 1. The van der Waals surface area contributed by atoms with Crippen molar-refractivity contribution < 1.29 is 18.6 Å². The third-order valence-corrected chi connectivity index (χ3v) is 9.47. The van der Waals surface area contributed by atoms with Crippen LogP contribution in [0.1, 0.15) is 31.2 Å². The van der Waals surface area contributed by atoms with E-state index < -0.39 is 12.0 Å². The molecule has 8 nitrogen and oxygen atoms in total. The first kappa shape index (κ1) is 26.5. The van der Waals surface area contributed by atoms with Gasteiger partial charge in [0.15, 0.2) is 5.82 Å². The molecule has 2 bridgehead atoms. The Hall–Kier alpha value is -4.07. The molecule has 4 aliphatic rings. The van der Waals surface area contributed by atoms with Gasteiger partial charge in [0.1, 0.15) is 28.9 Å². The molecule has 8 rings (SSSR count). The van der Waals surface area contributed by atoms with E-state index in [1.165, 1.54) is 6.07 Å². The Bertz CT molecular complexity index is 1790. The lowest BCUT2D eigenvalue weighted by Crippen LogP contribution is -2.51. The van der Waals surface area contributed by atoms with E-state index in [1.54, 1.807) is 24.4 Å². The number of aromatic nitrogens is 3. The number of likely N-dealkylation sites (tertiary alicyclic amines) is 1. The quantitative estimate of drug-likeness (QED) is 0.310. The van der Waals surface area contributed by atoms with Gasteiger partial charge in [-0.25, -0.2) is 8.78 Å². The highest BCUT2D eigenvalue weighted by atomic mass is 19.1. The van der Waals surface area contributed by atoms with Crippen LogP contribution in [0.3, 0.4) is 0 Å². The summed E-state index contributed by atoms with van der Waals surface area (Å²) in [4.78, 5) is 18.3. The normalized spacial score (nSPS) is 23.0. The Morgan fingerprint density at radius 1 is 1.12 bits per heavy atom. The summed E-state index contributed by atoms with van der Waals surface area (Å²) >= 11 is 0. The molecule has 0 amide bonds. The fourth-order valence-corrected chi connectivity index (χ4v) is 7.06. The van der Waals surface area contributed by atoms with E-state index in [9.17, 15) is 9.50 Å². The molecular weight excluding hydrogens is 550 g/mol. The SMILES string of the molecule is C#Cc1cccc2cc(O)cc(-c3ncc4c(N5CC6CCC(C5)N6)nc(OCC5(CN6CC(F)C6)CC5)nc4c3F)c12. The summed E-state index contributed by atoms with van der Waals surface area (Å²) in [7, 11) is 0. The second kappa shape index (κ2) is 10.00. The van der Waals surface area contributed by atoms with Crippen LogP contribution >= 0.6 is 0 Å². The fourth-order valence-electron chi connectivity index (χ4n) is 7.06. The molecule has 10 heteroatoms. The molecule has 4 fully saturated rings. The largest absolute Gasteiger partial charge is 0.508 e. The van der Waals surface area contributed by atoms with E-state index in [1.807, 2.05) is 6.07 Å². The van der Waals surface area contributed by atoms with Gasteiger partial charge in [-0.15, -0.1) is 6.42 Å². The molecule has 5 heterocycles. The Morgan fingerprint density at radius 2 is 1.91 bits per heavy atom. The highest BCUT2D eigenvalue weighted by molar-refractivity contribution is 6.02. The third-order valence-electron chi connectivity index (χ3n) is 9.47. The highest BCUT2D eigenvalue weighted by Crippen LogP contribution is 2.47. The predicted molar refractivity (Wildman–Crippen MR) is 160 cm³/mol. The number of phenols is 1. The second-order valence-electron chi connectivity index (χ2n) is 12.7. The molecule has 2 N–H and O–H groups in total. The molecule has 0 spiro atoms. The lowest BCUT2D eigenvalue weighted by Gasteiger charge is -2.37. The average Bonchev–Trinajstić information content (AvgIpc) is 3.68. The number of rotatable bonds is 7. The standard InChI is InChI=1S/C33H32F2N6O2/c1-2-19-4-3-5-20-10-24(42)11-25(27(19)20)29-28(35)30-26(12-36-29)31(41-15-22-6-7-23(16-41)37-22)39-32(38-30)43-18-33(8-9-33)17-40-13-21(34)14-40/h1,3-5,10-12,21-23,37,42H,6-9,13-18H2. The summed E-state index contributed by atoms with van der Waals surface area (Å²) in [6.45, 7) is 3.60. The first-order chi connectivity index (χ1) is 20.9. The number of alkyl halides is 1. The smallest absolute Gasteiger partial charge is 0.319 e. The average molecular weight is 583 g/mol. The number of piperazine rings is 1. The van der Waals surface area contributed by atoms with E-state index >= 15 is 4.39 Å². The molecule has 3 saturated heterocycles. The monoisotopic (exact) mass is 582 g/mol. The van der Waals surface area contributed by atoms with Gasteiger partial charge < -0.3 is 20.1 Å². The van der Waals surface area contributed by atoms with Gasteiger partial charge >= 0.3 is 6.01 Å². The zero-order valence-electron chi connectivity index (χ0n) is 23.7. The van der Waals surface area contributed by atoms with Crippen LogP contribution in [-0.4, -0.2) is 82.5 Å². The lowest BCUT2D eigenvalue weighted by molar-refractivity contribution is 0.0370. The van der Waals surface area contributed by atoms with E-state index in [4.69, 9.17) is 16.1 Å². The van der Waals surface area contributed by atoms with Crippen LogP contribution in [0.2, 0.25) is 0 Å². The molecule has 2 aromatic carbocycles. The third kappa shape index (κ3) is 4.71. The van der Waals surface area contributed by atoms with Crippen molar-refractivity contribution in [1.29, 1.82) is 0 Å². The van der Waals surface area contributed by atoms with E-state index in [2.05, 4.69) is 31.0 Å². The molecule has 2 unspecified atom stereocenters. The number of hydrogen-bond acceptors (Lipinski definition) is 8. The van der Waals surface area contributed by atoms with Crippen LogP contribution in [0.5, 0.6) is 11.8 Å². The van der Waals surface area contributed by atoms with Crippen LogP contribution in [0, 0.1) is 23.6 Å². The summed E-state index contributed by atoms with van der Waals surface area (Å²) < 4.78 is 36.3. The molecule has 1 saturated carbocycles. The molecule has 43 heavy (non-hydrogen) atoms. The van der Waals surface area contributed by atoms with Gasteiger partial charge in [-0.3, -0.25) is 9.88 Å². The number of aromatic hydroxyl groups is 1. The van der Waals surface area contributed by atoms with Gasteiger partial charge in [0.25, 0.3) is 0 Å². The van der Waals surface area contributed by atoms with Crippen LogP contribution in [-0.2, 0) is 0 Å². The summed E-state index contributed by atoms with van der Waals surface area (Å²) in [5.41, 5.74) is 1.07. The number of terminal acetylenes is 1. The van der Waals surface area contributed by atoms with Crippen molar-refractivity contribution in [3.05, 3.63) is 47.9 Å². The molecule has 0 radical (unpaired) electrons. The maximum Gasteiger partial charge on any atom is 0.319 e. The van der Waals surface area contributed by atoms with Gasteiger partial charge in [0, 0.05) is 72.9 Å². The topological polar surface area (TPSA) is 86.6 Å². The first-order valence-corrected chi connectivity index (χ1v) is 15.0. The Balaban J connectivity index is 1.22. The molecule has 4 aromatic rings. The molecular formula is C33H32F2N6O2. The maximum atomic E-state index is 16.7. The molecule has 1 aliphatic carbocycles. The van der Waals surface area contributed by atoms with Crippen LogP contribution in [0.4, 0.5) is 14.6 Å². The van der Waals surface area contributed by atoms with Crippen molar-refractivity contribution in [1.82, 2.24) is 25.2 Å². The first-order valence-electron chi connectivity index (χ1n) is 15.0. The van der Waals surface area contributed by atoms with Crippen molar-refractivity contribution in [2.45, 2.75) is 43.9 Å². The van der Waals surface area contributed by atoms with Gasteiger partial charge in [-0.2, -0.15) is 9.97 Å². The number of fused-ring (bicyclic) bond motifs is 4. The van der Waals surface area contributed by atoms with Crippen molar-refractivity contribution in [2.24, 2.45) is 5.41 Å². The number of anilines is 1. The minimum atomic E-state index is -0.747. The second-order valence-corrected chi connectivity index (χ2v) is 12.7. The number of halogens is 2. The number of ether oxygens (including phenoxy) is 1. The highest BCUT2D eigenvalue weighted by Gasteiger charge is 2.47. The molecule has 220 valence electrons. The number of nitrogens with one attached hydrogen (secondary N) is 1. The van der Waals surface area contributed by atoms with Gasteiger partial charge in [0.05, 0.1) is 12.0 Å². The Labute approximate surface area is 248 Å². The zero-order valence-corrected chi connectivity index (χ0v) is 23.7. The maximum absolute atomic E-state index is 16.7. The van der Waals surface area contributed by atoms with E-state index in [-0.39, 0.29) is 28.4 Å². The summed E-state index contributed by atoms with van der Waals surface area (Å²) in [5, 5.41) is 16.0. The van der Waals surface area contributed by atoms with Crippen LogP contribution in [0.25, 0.3) is 32.9 Å². The fraction of sp³-hybridized carbons (Fsp3) is 0.424. The van der Waals surface area contributed by atoms with Crippen molar-refractivity contribution in [3.63, 3.8) is 0 Å². The molecule has 2 atom stereocenters. The lowest BCUT2D eigenvalue weighted by atomic mass is 9.96. The van der Waals surface area contributed by atoms with Gasteiger partial charge in [0.2, 0.25) is 0 Å². The van der Waals surface area contributed by atoms with Gasteiger partial charge in [-0.05, 0) is 49.3 Å². The summed E-state index contributed by atoms with van der Waals surface area (Å²) in [6, 6.07) is 9.31. The van der Waals surface area contributed by atoms with Crippen LogP contribution in [0.15, 0.2) is 36.5 Å². The number of benzene rings is 2. The number of pyridine rings is 1.